The van der Waals surface area contributed by atoms with Gasteiger partial charge in [0.05, 0.1) is 31.6 Å². The minimum atomic E-state index is -0.280. The minimum absolute atomic E-state index is 0.0445. The van der Waals surface area contributed by atoms with Crippen molar-refractivity contribution in [2.45, 2.75) is 45.4 Å². The second-order valence-corrected chi connectivity index (χ2v) is 9.33. The van der Waals surface area contributed by atoms with Gasteiger partial charge in [-0.1, -0.05) is 17.4 Å². The van der Waals surface area contributed by atoms with Gasteiger partial charge in [0.15, 0.2) is 5.13 Å². The van der Waals surface area contributed by atoms with E-state index in [4.69, 9.17) is 9.47 Å². The van der Waals surface area contributed by atoms with Crippen molar-refractivity contribution in [1.82, 2.24) is 25.0 Å². The topological polar surface area (TPSA) is 110 Å². The van der Waals surface area contributed by atoms with E-state index >= 15 is 0 Å². The van der Waals surface area contributed by atoms with E-state index in [2.05, 4.69) is 20.6 Å². The number of pyridine rings is 1. The van der Waals surface area contributed by atoms with Crippen molar-refractivity contribution in [3.8, 4) is 0 Å². The summed E-state index contributed by atoms with van der Waals surface area (Å²) >= 11 is 1.18. The number of nitrogens with one attached hydrogen (secondary N) is 2. The van der Waals surface area contributed by atoms with E-state index < -0.39 is 0 Å². The third-order valence-corrected chi connectivity index (χ3v) is 6.36. The van der Waals surface area contributed by atoms with Gasteiger partial charge in [-0.25, -0.2) is 14.8 Å². The Morgan fingerprint density at radius 2 is 2.21 bits per heavy atom. The van der Waals surface area contributed by atoms with Crippen molar-refractivity contribution in [3.05, 3.63) is 47.4 Å². The first-order valence-electron chi connectivity index (χ1n) is 11.4. The summed E-state index contributed by atoms with van der Waals surface area (Å²) in [5.41, 5.74) is 1.80. The molecule has 1 aliphatic heterocycles. The van der Waals surface area contributed by atoms with Crippen LogP contribution in [0.1, 0.15) is 41.9 Å². The molecule has 0 radical (unpaired) electrons. The molecule has 1 aliphatic rings. The highest BCUT2D eigenvalue weighted by atomic mass is 32.1. The molecular formula is C23H30N6O4S. The van der Waals surface area contributed by atoms with Crippen LogP contribution < -0.4 is 15.5 Å². The van der Waals surface area contributed by atoms with Crippen molar-refractivity contribution in [2.75, 3.05) is 31.2 Å². The molecule has 4 rings (SSSR count). The van der Waals surface area contributed by atoms with Crippen molar-refractivity contribution < 1.29 is 19.1 Å². The number of hydrogen-bond acceptors (Lipinski definition) is 7. The van der Waals surface area contributed by atoms with Gasteiger partial charge in [0.25, 0.3) is 5.91 Å². The van der Waals surface area contributed by atoms with Crippen molar-refractivity contribution >= 4 is 34.1 Å². The number of carbonyl (C=O) groups excluding carboxylic acids is 2. The molecule has 34 heavy (non-hydrogen) atoms. The fourth-order valence-electron chi connectivity index (χ4n) is 3.62. The number of rotatable bonds is 10. The fraction of sp³-hybridized carbons (Fsp3) is 0.478. The number of aromatic nitrogens is 3. The summed E-state index contributed by atoms with van der Waals surface area (Å²) in [6, 6.07) is 3.55. The standard InChI is InChI=1S/C23H30N6O4S/c1-16(2)32-11-8-25-22(31)29(15-18-4-3-10-33-18)23-27-13-19(34-23)21(30)26-12-17-5-6-20-24-7-9-28(20)14-17/h5-7,9,13-14,16,18H,3-4,8,10-12,15H2,1-2H3,(H,25,31)(H,26,30)/t18-/m1/s1. The Labute approximate surface area is 202 Å². The summed E-state index contributed by atoms with van der Waals surface area (Å²) in [5, 5.41) is 6.25. The fourth-order valence-corrected chi connectivity index (χ4v) is 4.46. The van der Waals surface area contributed by atoms with Crippen LogP contribution >= 0.6 is 11.3 Å². The Morgan fingerprint density at radius 3 is 3.00 bits per heavy atom. The molecule has 182 valence electrons. The molecule has 4 heterocycles. The number of imidazole rings is 1. The van der Waals surface area contributed by atoms with Crippen molar-refractivity contribution in [3.63, 3.8) is 0 Å². The molecule has 1 fully saturated rings. The third-order valence-electron chi connectivity index (χ3n) is 5.34. The molecule has 10 nitrogen and oxygen atoms in total. The summed E-state index contributed by atoms with van der Waals surface area (Å²) in [6.45, 7) is 6.16. The molecule has 3 aromatic heterocycles. The van der Waals surface area contributed by atoms with Crippen LogP contribution in [0.2, 0.25) is 0 Å². The normalized spacial score (nSPS) is 15.7. The molecule has 0 aromatic carbocycles. The largest absolute Gasteiger partial charge is 0.377 e. The second kappa shape index (κ2) is 11.4. The summed E-state index contributed by atoms with van der Waals surface area (Å²) < 4.78 is 13.1. The lowest BCUT2D eigenvalue weighted by Crippen LogP contribution is -2.45. The van der Waals surface area contributed by atoms with E-state index in [-0.39, 0.29) is 24.1 Å². The van der Waals surface area contributed by atoms with Crippen LogP contribution in [0.4, 0.5) is 9.93 Å². The summed E-state index contributed by atoms with van der Waals surface area (Å²) in [5.74, 6) is -0.239. The van der Waals surface area contributed by atoms with Crippen LogP contribution in [0.15, 0.2) is 36.9 Å². The number of amides is 3. The number of thiazole rings is 1. The zero-order chi connectivity index (χ0) is 23.9. The van der Waals surface area contributed by atoms with Gasteiger partial charge in [0, 0.05) is 38.3 Å². The van der Waals surface area contributed by atoms with Crippen LogP contribution in [0.25, 0.3) is 5.65 Å². The number of nitrogens with zero attached hydrogens (tertiary/aromatic N) is 4. The molecule has 3 aromatic rings. The van der Waals surface area contributed by atoms with Gasteiger partial charge >= 0.3 is 6.03 Å². The molecule has 0 saturated carbocycles. The van der Waals surface area contributed by atoms with E-state index in [1.807, 2.05) is 42.8 Å². The smallest absolute Gasteiger partial charge is 0.323 e. The molecule has 0 spiro atoms. The third kappa shape index (κ3) is 6.31. The summed E-state index contributed by atoms with van der Waals surface area (Å²) in [7, 11) is 0. The Morgan fingerprint density at radius 1 is 1.32 bits per heavy atom. The SMILES string of the molecule is CC(C)OCCNC(=O)N(C[C@H]1CCCO1)c1ncc(C(=O)NCc2ccc3nccn3c2)s1. The minimum Gasteiger partial charge on any atom is -0.377 e. The Balaban J connectivity index is 1.38. The lowest BCUT2D eigenvalue weighted by Gasteiger charge is -2.23. The first kappa shape index (κ1) is 24.1. The molecule has 1 atom stereocenters. The molecule has 1 saturated heterocycles. The molecule has 3 amide bonds. The second-order valence-electron chi connectivity index (χ2n) is 8.32. The highest BCUT2D eigenvalue weighted by Crippen LogP contribution is 2.25. The zero-order valence-corrected chi connectivity index (χ0v) is 20.2. The van der Waals surface area contributed by atoms with Gasteiger partial charge in [-0.2, -0.15) is 0 Å². The van der Waals surface area contributed by atoms with Crippen molar-refractivity contribution in [1.29, 1.82) is 0 Å². The molecule has 0 unspecified atom stereocenters. The van der Waals surface area contributed by atoms with E-state index in [1.165, 1.54) is 17.5 Å². The lowest BCUT2D eigenvalue weighted by atomic mass is 10.2. The molecule has 2 N–H and O–H groups in total. The maximum atomic E-state index is 12.9. The van der Waals surface area contributed by atoms with Gasteiger partial charge in [-0.3, -0.25) is 9.69 Å². The highest BCUT2D eigenvalue weighted by Gasteiger charge is 2.26. The van der Waals surface area contributed by atoms with Crippen molar-refractivity contribution in [2.24, 2.45) is 0 Å². The number of fused-ring (bicyclic) bond motifs is 1. The van der Waals surface area contributed by atoms with Crippen LogP contribution in [-0.4, -0.2) is 64.8 Å². The highest BCUT2D eigenvalue weighted by molar-refractivity contribution is 7.17. The molecule has 0 bridgehead atoms. The Hall–Kier alpha value is -3.02. The van der Waals surface area contributed by atoms with Crippen LogP contribution in [-0.2, 0) is 16.0 Å². The summed E-state index contributed by atoms with van der Waals surface area (Å²) in [4.78, 5) is 36.2. The predicted molar refractivity (Wildman–Crippen MR) is 129 cm³/mol. The average molecular weight is 487 g/mol. The number of urea groups is 1. The lowest BCUT2D eigenvalue weighted by molar-refractivity contribution is 0.0817. The Kier molecular flexibility index (Phi) is 8.09. The maximum absolute atomic E-state index is 12.9. The van der Waals surface area contributed by atoms with E-state index in [1.54, 1.807) is 11.1 Å². The van der Waals surface area contributed by atoms with Crippen LogP contribution in [0.5, 0.6) is 0 Å². The van der Waals surface area contributed by atoms with E-state index in [0.29, 0.717) is 42.9 Å². The quantitative estimate of drug-likeness (QED) is 0.427. The molecule has 11 heteroatoms. The number of ether oxygens (including phenoxy) is 2. The number of hydrogen-bond donors (Lipinski definition) is 2. The number of anilines is 1. The van der Waals surface area contributed by atoms with Gasteiger partial charge < -0.3 is 24.5 Å². The average Bonchev–Trinajstić information content (AvgIpc) is 3.59. The predicted octanol–water partition coefficient (Wildman–Crippen LogP) is 2.84. The molecular weight excluding hydrogens is 456 g/mol. The monoisotopic (exact) mass is 486 g/mol. The first-order chi connectivity index (χ1) is 16.5. The first-order valence-corrected chi connectivity index (χ1v) is 12.3. The maximum Gasteiger partial charge on any atom is 0.323 e. The van der Waals surface area contributed by atoms with Gasteiger partial charge in [0.1, 0.15) is 10.5 Å². The zero-order valence-electron chi connectivity index (χ0n) is 19.4. The summed E-state index contributed by atoms with van der Waals surface area (Å²) in [6.07, 6.45) is 8.94. The van der Waals surface area contributed by atoms with E-state index in [0.717, 1.165) is 24.1 Å². The van der Waals surface area contributed by atoms with Crippen LogP contribution in [0.3, 0.4) is 0 Å². The van der Waals surface area contributed by atoms with Gasteiger partial charge in [-0.15, -0.1) is 0 Å². The van der Waals surface area contributed by atoms with Gasteiger partial charge in [0.2, 0.25) is 0 Å². The Bertz CT molecular complexity index is 1110. The molecule has 0 aliphatic carbocycles. The number of carbonyl (C=O) groups is 2. The van der Waals surface area contributed by atoms with E-state index in [9.17, 15) is 9.59 Å². The van der Waals surface area contributed by atoms with Gasteiger partial charge in [-0.05, 0) is 38.3 Å². The van der Waals surface area contributed by atoms with Crippen LogP contribution in [0, 0.1) is 0 Å².